The standard InChI is InChI=1S/C11H16O2/c1-4-10-11(6-5-9(2)3)13-8-7-12-10/h4-6,10H,1,7-8H2,2-3H3/b11-6+. The second-order valence-electron chi connectivity index (χ2n) is 3.19. The minimum absolute atomic E-state index is 0.0793. The van der Waals surface area contributed by atoms with Crippen LogP contribution in [-0.4, -0.2) is 19.3 Å². The van der Waals surface area contributed by atoms with Crippen LogP contribution in [0.15, 0.2) is 36.1 Å². The Morgan fingerprint density at radius 3 is 2.85 bits per heavy atom. The van der Waals surface area contributed by atoms with Crippen LogP contribution < -0.4 is 0 Å². The summed E-state index contributed by atoms with van der Waals surface area (Å²) in [5, 5.41) is 0. The van der Waals surface area contributed by atoms with Crippen molar-refractivity contribution in [2.24, 2.45) is 0 Å². The Kier molecular flexibility index (Phi) is 3.77. The Balaban J connectivity index is 2.69. The van der Waals surface area contributed by atoms with Crippen LogP contribution in [0.3, 0.4) is 0 Å². The molecule has 0 saturated carbocycles. The molecule has 1 rings (SSSR count). The zero-order valence-corrected chi connectivity index (χ0v) is 8.25. The van der Waals surface area contributed by atoms with Gasteiger partial charge < -0.3 is 9.47 Å². The Morgan fingerprint density at radius 1 is 1.46 bits per heavy atom. The first kappa shape index (κ1) is 10.1. The highest BCUT2D eigenvalue weighted by atomic mass is 16.6. The van der Waals surface area contributed by atoms with Crippen LogP contribution in [0, 0.1) is 0 Å². The quantitative estimate of drug-likeness (QED) is 0.608. The Bertz CT molecular complexity index is 234. The average Bonchev–Trinajstić information content (AvgIpc) is 2.15. The highest BCUT2D eigenvalue weighted by molar-refractivity contribution is 5.18. The Labute approximate surface area is 79.5 Å². The summed E-state index contributed by atoms with van der Waals surface area (Å²) in [7, 11) is 0. The SMILES string of the molecule is C=CC1OCCO/C1=C/C=C(C)C. The van der Waals surface area contributed by atoms with Crippen LogP contribution >= 0.6 is 0 Å². The third-order valence-electron chi connectivity index (χ3n) is 1.72. The molecule has 2 heteroatoms. The molecule has 1 atom stereocenters. The van der Waals surface area contributed by atoms with Crippen molar-refractivity contribution in [1.29, 1.82) is 0 Å². The van der Waals surface area contributed by atoms with Crippen LogP contribution in [0.4, 0.5) is 0 Å². The van der Waals surface area contributed by atoms with Crippen LogP contribution in [0.25, 0.3) is 0 Å². The molecule has 2 nitrogen and oxygen atoms in total. The van der Waals surface area contributed by atoms with Crippen molar-refractivity contribution in [3.05, 3.63) is 36.1 Å². The highest BCUT2D eigenvalue weighted by Gasteiger charge is 2.16. The molecule has 13 heavy (non-hydrogen) atoms. The zero-order chi connectivity index (χ0) is 9.68. The topological polar surface area (TPSA) is 18.5 Å². The third kappa shape index (κ3) is 3.07. The summed E-state index contributed by atoms with van der Waals surface area (Å²) in [5.41, 5.74) is 1.24. The van der Waals surface area contributed by atoms with Gasteiger partial charge in [-0.15, -0.1) is 6.58 Å². The summed E-state index contributed by atoms with van der Waals surface area (Å²) < 4.78 is 10.9. The lowest BCUT2D eigenvalue weighted by Gasteiger charge is -2.23. The fourth-order valence-electron chi connectivity index (χ4n) is 1.07. The van der Waals surface area contributed by atoms with Gasteiger partial charge in [-0.05, 0) is 19.9 Å². The maximum absolute atomic E-state index is 5.45. The predicted octanol–water partition coefficient (Wildman–Crippen LogP) is 2.44. The first-order valence-corrected chi connectivity index (χ1v) is 4.46. The van der Waals surface area contributed by atoms with E-state index in [4.69, 9.17) is 9.47 Å². The highest BCUT2D eigenvalue weighted by Crippen LogP contribution is 2.15. The fourth-order valence-corrected chi connectivity index (χ4v) is 1.07. The van der Waals surface area contributed by atoms with E-state index in [0.717, 1.165) is 5.76 Å². The van der Waals surface area contributed by atoms with Crippen molar-refractivity contribution >= 4 is 0 Å². The zero-order valence-electron chi connectivity index (χ0n) is 8.25. The van der Waals surface area contributed by atoms with Gasteiger partial charge in [-0.2, -0.15) is 0 Å². The molecule has 0 aliphatic carbocycles. The molecule has 0 aromatic heterocycles. The average molecular weight is 180 g/mol. The van der Waals surface area contributed by atoms with Gasteiger partial charge in [0.1, 0.15) is 18.5 Å². The minimum atomic E-state index is -0.0793. The van der Waals surface area contributed by atoms with Crippen LogP contribution in [0.2, 0.25) is 0 Å². The number of allylic oxidation sites excluding steroid dienone is 3. The molecule has 1 saturated heterocycles. The molecule has 0 N–H and O–H groups in total. The summed E-state index contributed by atoms with van der Waals surface area (Å²) in [6.07, 6.45) is 5.63. The molecule has 0 bridgehead atoms. The Hall–Kier alpha value is -1.02. The van der Waals surface area contributed by atoms with Crippen LogP contribution in [0.1, 0.15) is 13.8 Å². The molecule has 1 aliphatic heterocycles. The fraction of sp³-hybridized carbons (Fsp3) is 0.455. The van der Waals surface area contributed by atoms with Crippen molar-refractivity contribution in [1.82, 2.24) is 0 Å². The molecule has 1 aliphatic rings. The van der Waals surface area contributed by atoms with Gasteiger partial charge in [0.2, 0.25) is 0 Å². The van der Waals surface area contributed by atoms with Crippen molar-refractivity contribution in [2.75, 3.05) is 13.2 Å². The van der Waals surface area contributed by atoms with E-state index in [2.05, 4.69) is 6.58 Å². The molecular formula is C11H16O2. The van der Waals surface area contributed by atoms with E-state index in [0.29, 0.717) is 13.2 Å². The first-order valence-electron chi connectivity index (χ1n) is 4.46. The molecule has 1 fully saturated rings. The smallest absolute Gasteiger partial charge is 0.133 e. The predicted molar refractivity (Wildman–Crippen MR) is 53.4 cm³/mol. The van der Waals surface area contributed by atoms with Crippen LogP contribution in [0.5, 0.6) is 0 Å². The summed E-state index contributed by atoms with van der Waals surface area (Å²) in [6.45, 7) is 9.06. The first-order chi connectivity index (χ1) is 6.24. The molecule has 1 heterocycles. The minimum Gasteiger partial charge on any atom is -0.492 e. The third-order valence-corrected chi connectivity index (χ3v) is 1.72. The van der Waals surface area contributed by atoms with Gasteiger partial charge in [0.05, 0.1) is 6.61 Å². The monoisotopic (exact) mass is 180 g/mol. The number of rotatable bonds is 2. The lowest BCUT2D eigenvalue weighted by molar-refractivity contribution is -0.0208. The summed E-state index contributed by atoms with van der Waals surface area (Å²) in [5.74, 6) is 0.849. The van der Waals surface area contributed by atoms with Crippen molar-refractivity contribution in [2.45, 2.75) is 20.0 Å². The molecule has 0 radical (unpaired) electrons. The number of hydrogen-bond acceptors (Lipinski definition) is 2. The Morgan fingerprint density at radius 2 is 2.23 bits per heavy atom. The van der Waals surface area contributed by atoms with Gasteiger partial charge >= 0.3 is 0 Å². The number of ether oxygens (including phenoxy) is 2. The summed E-state index contributed by atoms with van der Waals surface area (Å²) in [4.78, 5) is 0. The molecule has 0 aromatic carbocycles. The van der Waals surface area contributed by atoms with Crippen molar-refractivity contribution in [3.8, 4) is 0 Å². The van der Waals surface area contributed by atoms with E-state index in [9.17, 15) is 0 Å². The molecule has 0 amide bonds. The summed E-state index contributed by atoms with van der Waals surface area (Å²) >= 11 is 0. The van der Waals surface area contributed by atoms with Gasteiger partial charge in [0, 0.05) is 0 Å². The maximum atomic E-state index is 5.45. The molecule has 0 spiro atoms. The molecule has 1 unspecified atom stereocenters. The molecule has 0 aromatic rings. The number of hydrogen-bond donors (Lipinski definition) is 0. The van der Waals surface area contributed by atoms with Gasteiger partial charge in [0.15, 0.2) is 0 Å². The largest absolute Gasteiger partial charge is 0.492 e. The van der Waals surface area contributed by atoms with E-state index in [-0.39, 0.29) is 6.10 Å². The van der Waals surface area contributed by atoms with Crippen molar-refractivity contribution < 1.29 is 9.47 Å². The summed E-state index contributed by atoms with van der Waals surface area (Å²) in [6, 6.07) is 0. The molecule has 72 valence electrons. The second-order valence-corrected chi connectivity index (χ2v) is 3.19. The van der Waals surface area contributed by atoms with Gasteiger partial charge in [0.25, 0.3) is 0 Å². The second kappa shape index (κ2) is 4.87. The molecular weight excluding hydrogens is 164 g/mol. The maximum Gasteiger partial charge on any atom is 0.133 e. The van der Waals surface area contributed by atoms with E-state index >= 15 is 0 Å². The van der Waals surface area contributed by atoms with E-state index in [1.54, 1.807) is 6.08 Å². The lowest BCUT2D eigenvalue weighted by atomic mass is 10.2. The van der Waals surface area contributed by atoms with Gasteiger partial charge in [-0.1, -0.05) is 17.7 Å². The normalized spacial score (nSPS) is 25.1. The van der Waals surface area contributed by atoms with Gasteiger partial charge in [-0.3, -0.25) is 0 Å². The van der Waals surface area contributed by atoms with Crippen molar-refractivity contribution in [3.63, 3.8) is 0 Å². The van der Waals surface area contributed by atoms with E-state index in [1.165, 1.54) is 5.57 Å². The lowest BCUT2D eigenvalue weighted by Crippen LogP contribution is -2.24. The van der Waals surface area contributed by atoms with E-state index in [1.807, 2.05) is 26.0 Å². The van der Waals surface area contributed by atoms with E-state index < -0.39 is 0 Å². The van der Waals surface area contributed by atoms with Crippen LogP contribution in [-0.2, 0) is 9.47 Å². The van der Waals surface area contributed by atoms with Gasteiger partial charge in [-0.25, -0.2) is 0 Å².